The Hall–Kier alpha value is -2.54. The van der Waals surface area contributed by atoms with Gasteiger partial charge in [-0.1, -0.05) is 19.8 Å². The molecular formula is C17H19N5OS. The molecule has 124 valence electrons. The molecule has 24 heavy (non-hydrogen) atoms. The van der Waals surface area contributed by atoms with Gasteiger partial charge in [0.1, 0.15) is 11.3 Å². The highest BCUT2D eigenvalue weighted by Crippen LogP contribution is 2.19. The quantitative estimate of drug-likeness (QED) is 0.522. The Morgan fingerprint density at radius 3 is 2.92 bits per heavy atom. The maximum absolute atomic E-state index is 5.29. The topological polar surface area (TPSA) is 75.9 Å². The second-order valence-corrected chi connectivity index (χ2v) is 5.80. The van der Waals surface area contributed by atoms with Crippen molar-refractivity contribution in [2.24, 2.45) is 0 Å². The third kappa shape index (κ3) is 4.05. The summed E-state index contributed by atoms with van der Waals surface area (Å²) < 4.78 is 5.09. The van der Waals surface area contributed by atoms with Gasteiger partial charge in [-0.3, -0.25) is 4.98 Å². The van der Waals surface area contributed by atoms with Crippen LogP contribution >= 0.6 is 12.2 Å². The first kappa shape index (κ1) is 16.3. The van der Waals surface area contributed by atoms with Crippen LogP contribution in [0.25, 0.3) is 22.4 Å². The molecule has 0 spiro atoms. The molecule has 3 heterocycles. The Morgan fingerprint density at radius 1 is 1.21 bits per heavy atom. The fourth-order valence-electron chi connectivity index (χ4n) is 2.25. The van der Waals surface area contributed by atoms with Gasteiger partial charge >= 0.3 is 0 Å². The largest absolute Gasteiger partial charge is 0.472 e. The minimum absolute atomic E-state index is 0.562. The van der Waals surface area contributed by atoms with E-state index in [1.54, 1.807) is 18.7 Å². The zero-order chi connectivity index (χ0) is 16.8. The molecule has 3 aromatic heterocycles. The van der Waals surface area contributed by atoms with Gasteiger partial charge in [-0.25, -0.2) is 9.97 Å². The van der Waals surface area contributed by atoms with Crippen LogP contribution in [0, 0.1) is 0 Å². The minimum atomic E-state index is 0.562. The average molecular weight is 341 g/mol. The number of anilines is 1. The molecule has 3 rings (SSSR count). The van der Waals surface area contributed by atoms with Crippen molar-refractivity contribution in [1.29, 1.82) is 0 Å². The number of hydrogen-bond donors (Lipinski definition) is 2. The predicted molar refractivity (Wildman–Crippen MR) is 98.8 cm³/mol. The number of aromatic nitrogens is 3. The summed E-state index contributed by atoms with van der Waals surface area (Å²) in [4.78, 5) is 13.4. The molecule has 0 radical (unpaired) electrons. The normalized spacial score (nSPS) is 10.7. The van der Waals surface area contributed by atoms with E-state index in [-0.39, 0.29) is 0 Å². The van der Waals surface area contributed by atoms with E-state index in [9.17, 15) is 0 Å². The Bertz CT molecular complexity index is 819. The van der Waals surface area contributed by atoms with Gasteiger partial charge in [0, 0.05) is 12.1 Å². The van der Waals surface area contributed by atoms with Crippen molar-refractivity contribution in [1.82, 2.24) is 20.3 Å². The molecule has 0 fully saturated rings. The number of nitrogens with zero attached hydrogens (tertiary/aromatic N) is 3. The van der Waals surface area contributed by atoms with Crippen LogP contribution in [0.2, 0.25) is 0 Å². The molecule has 0 aromatic carbocycles. The fourth-order valence-corrected chi connectivity index (χ4v) is 2.46. The van der Waals surface area contributed by atoms with Gasteiger partial charge in [-0.05, 0) is 36.8 Å². The Morgan fingerprint density at radius 2 is 2.12 bits per heavy atom. The van der Waals surface area contributed by atoms with Gasteiger partial charge in [0.2, 0.25) is 0 Å². The highest BCUT2D eigenvalue weighted by molar-refractivity contribution is 7.80. The summed E-state index contributed by atoms with van der Waals surface area (Å²) in [6.45, 7) is 3.03. The van der Waals surface area contributed by atoms with Crippen LogP contribution in [0.1, 0.15) is 26.2 Å². The minimum Gasteiger partial charge on any atom is -0.472 e. The lowest BCUT2D eigenvalue weighted by molar-refractivity contribution is 0.568. The predicted octanol–water partition coefficient (Wildman–Crippen LogP) is 3.76. The van der Waals surface area contributed by atoms with E-state index in [2.05, 4.69) is 32.5 Å². The molecule has 0 aliphatic heterocycles. The number of unbranched alkanes of at least 4 members (excludes halogenated alkanes) is 2. The average Bonchev–Trinajstić information content (AvgIpc) is 3.13. The molecule has 0 saturated heterocycles. The van der Waals surface area contributed by atoms with Crippen molar-refractivity contribution in [3.05, 3.63) is 36.9 Å². The summed E-state index contributed by atoms with van der Waals surface area (Å²) in [6.07, 6.45) is 8.43. The van der Waals surface area contributed by atoms with Crippen LogP contribution in [0.4, 0.5) is 5.82 Å². The van der Waals surface area contributed by atoms with Gasteiger partial charge in [-0.2, -0.15) is 0 Å². The molecule has 0 unspecified atom stereocenters. The summed E-state index contributed by atoms with van der Waals surface area (Å²) in [7, 11) is 0. The summed E-state index contributed by atoms with van der Waals surface area (Å²) in [6, 6.07) is 5.55. The van der Waals surface area contributed by atoms with E-state index in [4.69, 9.17) is 16.6 Å². The van der Waals surface area contributed by atoms with Crippen LogP contribution < -0.4 is 10.6 Å². The number of fused-ring (bicyclic) bond motifs is 1. The zero-order valence-corrected chi connectivity index (χ0v) is 14.3. The summed E-state index contributed by atoms with van der Waals surface area (Å²) in [5.74, 6) is 0.647. The van der Waals surface area contributed by atoms with Gasteiger partial charge in [-0.15, -0.1) is 0 Å². The van der Waals surface area contributed by atoms with Crippen molar-refractivity contribution in [3.63, 3.8) is 0 Å². The number of thiocarbonyl (C=S) groups is 1. The van der Waals surface area contributed by atoms with Crippen molar-refractivity contribution < 1.29 is 4.42 Å². The van der Waals surface area contributed by atoms with Crippen LogP contribution in [0.5, 0.6) is 0 Å². The monoisotopic (exact) mass is 341 g/mol. The van der Waals surface area contributed by atoms with Crippen molar-refractivity contribution in [2.75, 3.05) is 11.9 Å². The highest BCUT2D eigenvalue weighted by atomic mass is 32.1. The van der Waals surface area contributed by atoms with E-state index in [0.717, 1.165) is 29.7 Å². The maximum Gasteiger partial charge on any atom is 0.180 e. The van der Waals surface area contributed by atoms with Gasteiger partial charge in [0.15, 0.2) is 10.8 Å². The Balaban J connectivity index is 1.71. The molecule has 0 amide bonds. The first-order valence-electron chi connectivity index (χ1n) is 7.97. The van der Waals surface area contributed by atoms with Gasteiger partial charge < -0.3 is 15.1 Å². The number of rotatable bonds is 6. The summed E-state index contributed by atoms with van der Waals surface area (Å²) in [5.41, 5.74) is 2.89. The first-order chi connectivity index (χ1) is 11.8. The molecule has 0 aliphatic carbocycles. The molecule has 6 nitrogen and oxygen atoms in total. The molecular weight excluding hydrogens is 322 g/mol. The lowest BCUT2D eigenvalue weighted by Crippen LogP contribution is -2.29. The van der Waals surface area contributed by atoms with E-state index >= 15 is 0 Å². The van der Waals surface area contributed by atoms with Crippen LogP contribution in [0.3, 0.4) is 0 Å². The lowest BCUT2D eigenvalue weighted by atomic mass is 10.2. The number of hydrogen-bond acceptors (Lipinski definition) is 5. The second-order valence-electron chi connectivity index (χ2n) is 5.39. The van der Waals surface area contributed by atoms with Crippen LogP contribution in [-0.2, 0) is 0 Å². The lowest BCUT2D eigenvalue weighted by Gasteiger charge is -2.10. The van der Waals surface area contributed by atoms with E-state index in [1.807, 2.05) is 18.2 Å². The SMILES string of the molecule is CCCCCNC(=S)Nc1ccc2ncc(-c3ccoc3)nc2n1. The number of nitrogens with one attached hydrogen (secondary N) is 2. The van der Waals surface area contributed by atoms with Crippen molar-refractivity contribution in [3.8, 4) is 11.3 Å². The third-order valence-electron chi connectivity index (χ3n) is 3.53. The second kappa shape index (κ2) is 7.83. The zero-order valence-electron chi connectivity index (χ0n) is 13.5. The molecule has 3 aromatic rings. The van der Waals surface area contributed by atoms with Gasteiger partial charge in [0.05, 0.1) is 24.4 Å². The Labute approximate surface area is 145 Å². The number of pyridine rings is 1. The summed E-state index contributed by atoms with van der Waals surface area (Å²) >= 11 is 5.29. The molecule has 2 N–H and O–H groups in total. The number of furan rings is 1. The molecule has 7 heteroatoms. The maximum atomic E-state index is 5.29. The molecule has 0 atom stereocenters. The van der Waals surface area contributed by atoms with Crippen molar-refractivity contribution >= 4 is 34.3 Å². The van der Waals surface area contributed by atoms with E-state index < -0.39 is 0 Å². The first-order valence-corrected chi connectivity index (χ1v) is 8.38. The third-order valence-corrected chi connectivity index (χ3v) is 3.78. The van der Waals surface area contributed by atoms with E-state index in [0.29, 0.717) is 16.6 Å². The Kier molecular flexibility index (Phi) is 5.32. The fraction of sp³-hybridized carbons (Fsp3) is 0.294. The standard InChI is InChI=1S/C17H19N5OS/c1-2-3-4-8-18-17(24)22-15-6-5-13-16(21-15)20-14(10-19-13)12-7-9-23-11-12/h5-7,9-11H,2-4,8H2,1H3,(H2,18,20,21,22,24). The molecule has 0 bridgehead atoms. The summed E-state index contributed by atoms with van der Waals surface area (Å²) in [5, 5.41) is 6.83. The van der Waals surface area contributed by atoms with Crippen molar-refractivity contribution in [2.45, 2.75) is 26.2 Å². The van der Waals surface area contributed by atoms with Crippen LogP contribution in [-0.4, -0.2) is 26.6 Å². The highest BCUT2D eigenvalue weighted by Gasteiger charge is 2.06. The molecule has 0 saturated carbocycles. The van der Waals surface area contributed by atoms with Gasteiger partial charge in [0.25, 0.3) is 0 Å². The molecule has 0 aliphatic rings. The van der Waals surface area contributed by atoms with Crippen LogP contribution in [0.15, 0.2) is 41.3 Å². The van der Waals surface area contributed by atoms with E-state index in [1.165, 1.54) is 12.8 Å². The smallest absolute Gasteiger partial charge is 0.180 e.